The number of anilines is 1. The molecule has 0 aliphatic carbocycles. The Kier molecular flexibility index (Phi) is 7.39. The van der Waals surface area contributed by atoms with Crippen LogP contribution >= 0.6 is 11.6 Å². The molecule has 2 amide bonds. The van der Waals surface area contributed by atoms with Crippen molar-refractivity contribution >= 4 is 35.1 Å². The third kappa shape index (κ3) is 5.31. The maximum absolute atomic E-state index is 13.8. The van der Waals surface area contributed by atoms with Gasteiger partial charge in [0, 0.05) is 33.1 Å². The molecule has 14 heteroatoms. The number of nitrogens with one attached hydrogen (secondary N) is 2. The van der Waals surface area contributed by atoms with Crippen LogP contribution in [-0.2, 0) is 26.2 Å². The number of fused-ring (bicyclic) bond motifs is 1. The lowest BCUT2D eigenvalue weighted by Crippen LogP contribution is -2.39. The lowest BCUT2D eigenvalue weighted by atomic mass is 10.0. The number of aromatic nitrogens is 4. The number of alkyl halides is 3. The summed E-state index contributed by atoms with van der Waals surface area (Å²) in [7, 11) is 3.06. The first-order chi connectivity index (χ1) is 18.2. The zero-order valence-corrected chi connectivity index (χ0v) is 22.5. The molecule has 0 radical (unpaired) electrons. The molecule has 1 aromatic carbocycles. The number of amides is 2. The number of rotatable bonds is 5. The van der Waals surface area contributed by atoms with Gasteiger partial charge in [0.15, 0.2) is 18.0 Å². The molecule has 0 bridgehead atoms. The molecule has 0 unspecified atom stereocenters. The number of aryl methyl sites for hydroxylation is 1. The van der Waals surface area contributed by atoms with E-state index >= 15 is 0 Å². The van der Waals surface area contributed by atoms with E-state index < -0.39 is 34.1 Å². The van der Waals surface area contributed by atoms with E-state index in [9.17, 15) is 27.6 Å². The molecule has 1 aliphatic rings. The van der Waals surface area contributed by atoms with E-state index in [1.807, 2.05) is 13.8 Å². The van der Waals surface area contributed by atoms with Crippen molar-refractivity contribution < 1.29 is 27.3 Å². The predicted octanol–water partition coefficient (Wildman–Crippen LogP) is 3.19. The quantitative estimate of drug-likeness (QED) is 0.460. The van der Waals surface area contributed by atoms with Crippen molar-refractivity contribution in [2.75, 3.05) is 12.4 Å². The smallest absolute Gasteiger partial charge is 0.354 e. The first-order valence-electron chi connectivity index (χ1n) is 11.9. The molecule has 0 saturated carbocycles. The van der Waals surface area contributed by atoms with Gasteiger partial charge in [-0.05, 0) is 32.0 Å². The minimum Gasteiger partial charge on any atom is -0.354 e. The molecular formula is C25H26ClF3N7O3+. The monoisotopic (exact) mass is 564 g/mol. The van der Waals surface area contributed by atoms with E-state index in [0.29, 0.717) is 22.8 Å². The maximum atomic E-state index is 13.8. The summed E-state index contributed by atoms with van der Waals surface area (Å²) >= 11 is 5.71. The van der Waals surface area contributed by atoms with Gasteiger partial charge in [0.1, 0.15) is 11.5 Å². The molecule has 3 aromatic rings. The van der Waals surface area contributed by atoms with Crippen molar-refractivity contribution in [2.24, 2.45) is 7.05 Å². The Morgan fingerprint density at radius 2 is 1.90 bits per heavy atom. The molecule has 39 heavy (non-hydrogen) atoms. The standard InChI is InChI=1S/C25H25ClF3N7O3/c1-12(2)31-24-32-19-11-35(22(38)14-6-7-17(26)16(9-14)25(27,28)29)13(3)8-15(19)23(39)36(24)20-10-18(21(37)30-4)33-34(20)5/h6-7,9-10,12H,8,11H2,1-5H3,(H-,30,31,32,37,39)/p+1. The largest absolute Gasteiger partial charge is 0.419 e. The van der Waals surface area contributed by atoms with Crippen molar-refractivity contribution in [1.29, 1.82) is 0 Å². The molecular weight excluding hydrogens is 539 g/mol. The first kappa shape index (κ1) is 28.0. The number of halogens is 4. The van der Waals surface area contributed by atoms with Gasteiger partial charge in [0.25, 0.3) is 11.5 Å². The molecule has 3 heterocycles. The van der Waals surface area contributed by atoms with Gasteiger partial charge in [0.2, 0.25) is 5.95 Å². The van der Waals surface area contributed by atoms with Crippen LogP contribution in [0, 0.1) is 0 Å². The van der Waals surface area contributed by atoms with E-state index in [4.69, 9.17) is 11.6 Å². The van der Waals surface area contributed by atoms with E-state index in [1.54, 1.807) is 14.0 Å². The molecule has 2 N–H and O–H groups in total. The van der Waals surface area contributed by atoms with Gasteiger partial charge in [-0.3, -0.25) is 14.3 Å². The maximum Gasteiger partial charge on any atom is 0.419 e. The van der Waals surface area contributed by atoms with Crippen LogP contribution in [0.25, 0.3) is 5.82 Å². The number of carbonyl (C=O) groups is 2. The molecule has 2 aromatic heterocycles. The second kappa shape index (κ2) is 10.3. The van der Waals surface area contributed by atoms with E-state index in [1.165, 1.54) is 33.0 Å². The molecule has 0 atom stereocenters. The van der Waals surface area contributed by atoms with Crippen molar-refractivity contribution in [2.45, 2.75) is 46.0 Å². The second-order valence-corrected chi connectivity index (χ2v) is 9.79. The van der Waals surface area contributed by atoms with E-state index in [0.717, 1.165) is 12.1 Å². The Morgan fingerprint density at radius 1 is 1.21 bits per heavy atom. The zero-order valence-electron chi connectivity index (χ0n) is 21.8. The third-order valence-corrected chi connectivity index (χ3v) is 6.52. The summed E-state index contributed by atoms with van der Waals surface area (Å²) in [5, 5.41) is 9.29. The van der Waals surface area contributed by atoms with E-state index in [-0.39, 0.29) is 36.2 Å². The van der Waals surface area contributed by atoms with Gasteiger partial charge >= 0.3 is 12.1 Å². The van der Waals surface area contributed by atoms with Gasteiger partial charge in [-0.25, -0.2) is 14.3 Å². The number of hydrogen-bond donors (Lipinski definition) is 2. The lowest BCUT2D eigenvalue weighted by molar-refractivity contribution is -0.450. The first-order valence-corrected chi connectivity index (χ1v) is 12.3. The zero-order chi connectivity index (χ0) is 28.8. The normalized spacial score (nSPS) is 13.5. The average molecular weight is 565 g/mol. The van der Waals surface area contributed by atoms with Crippen molar-refractivity contribution in [3.63, 3.8) is 0 Å². The Balaban J connectivity index is 1.81. The van der Waals surface area contributed by atoms with Crippen molar-refractivity contribution in [3.8, 4) is 5.82 Å². The van der Waals surface area contributed by atoms with Gasteiger partial charge in [-0.2, -0.15) is 22.8 Å². The van der Waals surface area contributed by atoms with Crippen LogP contribution in [0.2, 0.25) is 5.02 Å². The van der Waals surface area contributed by atoms with Crippen LogP contribution in [0.3, 0.4) is 0 Å². The fourth-order valence-corrected chi connectivity index (χ4v) is 4.52. The predicted molar refractivity (Wildman–Crippen MR) is 138 cm³/mol. The van der Waals surface area contributed by atoms with Crippen LogP contribution in [0.5, 0.6) is 0 Å². The Morgan fingerprint density at radius 3 is 2.51 bits per heavy atom. The van der Waals surface area contributed by atoms with Crippen LogP contribution in [-0.4, -0.2) is 54.5 Å². The van der Waals surface area contributed by atoms with Gasteiger partial charge < -0.3 is 10.6 Å². The number of carbonyl (C=O) groups excluding carboxylic acids is 2. The SMILES string of the molecule is CNC(=O)c1cc(-n2c(NC(C)C)nc3c(c2=O)CC(C)=[N+](C(=O)c2ccc(Cl)c(C(F)(F)F)c2)C3)n(C)n1. The van der Waals surface area contributed by atoms with E-state index in [2.05, 4.69) is 20.7 Å². The molecule has 4 rings (SSSR count). The Bertz CT molecular complexity index is 1590. The summed E-state index contributed by atoms with van der Waals surface area (Å²) in [5.74, 6) is -0.637. The molecule has 1 aliphatic heterocycles. The molecule has 0 saturated heterocycles. The average Bonchev–Trinajstić information content (AvgIpc) is 3.23. The van der Waals surface area contributed by atoms with Gasteiger partial charge in [-0.1, -0.05) is 11.6 Å². The topological polar surface area (TPSA) is 114 Å². The minimum absolute atomic E-state index is 0.0364. The molecule has 0 fully saturated rings. The lowest BCUT2D eigenvalue weighted by Gasteiger charge is -2.21. The highest BCUT2D eigenvalue weighted by Crippen LogP contribution is 2.35. The summed E-state index contributed by atoms with van der Waals surface area (Å²) in [5.41, 5.74) is -0.538. The van der Waals surface area contributed by atoms with Crippen LogP contribution in [0.15, 0.2) is 29.1 Å². The van der Waals surface area contributed by atoms with Crippen LogP contribution in [0.1, 0.15) is 58.4 Å². The number of hydrogen-bond acceptors (Lipinski definition) is 6. The Labute approximate surface area is 226 Å². The second-order valence-electron chi connectivity index (χ2n) is 9.39. The number of benzene rings is 1. The summed E-state index contributed by atoms with van der Waals surface area (Å²) < 4.78 is 44.1. The summed E-state index contributed by atoms with van der Waals surface area (Å²) in [6.45, 7) is 5.20. The highest BCUT2D eigenvalue weighted by Gasteiger charge is 2.37. The Hall–Kier alpha value is -4.00. The van der Waals surface area contributed by atoms with Crippen molar-refractivity contribution in [1.82, 2.24) is 24.6 Å². The summed E-state index contributed by atoms with van der Waals surface area (Å²) in [6, 6.07) is 4.31. The van der Waals surface area contributed by atoms with Crippen LogP contribution < -0.4 is 16.2 Å². The molecule has 0 spiro atoms. The van der Waals surface area contributed by atoms with Crippen molar-refractivity contribution in [3.05, 3.63) is 67.7 Å². The fourth-order valence-electron chi connectivity index (χ4n) is 4.29. The third-order valence-electron chi connectivity index (χ3n) is 6.19. The fraction of sp³-hybridized carbons (Fsp3) is 0.360. The van der Waals surface area contributed by atoms with Gasteiger partial charge in [0.05, 0.1) is 28.1 Å². The van der Waals surface area contributed by atoms with Crippen LogP contribution in [0.4, 0.5) is 19.1 Å². The summed E-state index contributed by atoms with van der Waals surface area (Å²) in [4.78, 5) is 43.9. The highest BCUT2D eigenvalue weighted by atomic mass is 35.5. The molecule has 10 nitrogen and oxygen atoms in total. The molecule has 206 valence electrons. The number of nitrogens with zero attached hydrogens (tertiary/aromatic N) is 5. The summed E-state index contributed by atoms with van der Waals surface area (Å²) in [6.07, 6.45) is -4.69. The van der Waals surface area contributed by atoms with Gasteiger partial charge in [-0.15, -0.1) is 0 Å². The highest BCUT2D eigenvalue weighted by molar-refractivity contribution is 6.31. The minimum atomic E-state index is -4.73.